The van der Waals surface area contributed by atoms with Crippen LogP contribution < -0.4 is 0 Å². The third-order valence-corrected chi connectivity index (χ3v) is 11.9. The normalized spacial score (nSPS) is 45.0. The molecule has 0 radical (unpaired) electrons. The molecular formula is C33H52O. The van der Waals surface area contributed by atoms with Crippen LogP contribution in [0.2, 0.25) is 0 Å². The lowest BCUT2D eigenvalue weighted by atomic mass is 9.43. The van der Waals surface area contributed by atoms with Gasteiger partial charge in [-0.2, -0.15) is 0 Å². The summed E-state index contributed by atoms with van der Waals surface area (Å²) in [4.78, 5) is 0. The second-order valence-corrected chi connectivity index (χ2v) is 13.5. The van der Waals surface area contributed by atoms with E-state index in [1.807, 2.05) is 0 Å². The maximum atomic E-state index is 10.8. The predicted octanol–water partition coefficient (Wildman–Crippen LogP) is 8.75. The zero-order valence-corrected chi connectivity index (χ0v) is 22.7. The molecule has 0 aromatic rings. The molecule has 1 N–H and O–H groups in total. The molecule has 0 bridgehead atoms. The Kier molecular flexibility index (Phi) is 8.09. The molecule has 4 rings (SSSR count). The van der Waals surface area contributed by atoms with Gasteiger partial charge in [0.15, 0.2) is 0 Å². The number of rotatable bonds is 8. The number of aliphatic hydroxyl groups excluding tert-OH is 1. The van der Waals surface area contributed by atoms with Gasteiger partial charge in [-0.25, -0.2) is 0 Å². The van der Waals surface area contributed by atoms with E-state index < -0.39 is 0 Å². The van der Waals surface area contributed by atoms with E-state index >= 15 is 0 Å². The average Bonchev–Trinajstić information content (AvgIpc) is 3.17. The van der Waals surface area contributed by atoms with Crippen LogP contribution in [0.15, 0.2) is 36.8 Å². The van der Waals surface area contributed by atoms with E-state index in [-0.39, 0.29) is 12.0 Å². The molecule has 4 fully saturated rings. The molecule has 1 heteroatoms. The number of hydrogen-bond acceptors (Lipinski definition) is 1. The van der Waals surface area contributed by atoms with Crippen LogP contribution in [-0.2, 0) is 0 Å². The van der Waals surface area contributed by atoms with Crippen LogP contribution in [0.5, 0.6) is 0 Å². The lowest BCUT2D eigenvalue weighted by Crippen LogP contribution is -2.56. The van der Waals surface area contributed by atoms with Gasteiger partial charge in [-0.05, 0) is 122 Å². The Morgan fingerprint density at radius 3 is 2.32 bits per heavy atom. The summed E-state index contributed by atoms with van der Waals surface area (Å²) < 4.78 is 0. The van der Waals surface area contributed by atoms with Crippen molar-refractivity contribution in [2.75, 3.05) is 0 Å². The molecule has 0 aromatic heterocycles. The van der Waals surface area contributed by atoms with Gasteiger partial charge >= 0.3 is 0 Å². The molecule has 4 aliphatic carbocycles. The van der Waals surface area contributed by atoms with Crippen molar-refractivity contribution in [3.05, 3.63) is 36.8 Å². The van der Waals surface area contributed by atoms with Crippen molar-refractivity contribution in [2.24, 2.45) is 58.2 Å². The molecule has 0 aliphatic heterocycles. The summed E-state index contributed by atoms with van der Waals surface area (Å²) >= 11 is 0. The van der Waals surface area contributed by atoms with Crippen LogP contribution in [0.3, 0.4) is 0 Å². The third kappa shape index (κ3) is 4.59. The smallest absolute Gasteiger partial charge is 0.0612 e. The van der Waals surface area contributed by atoms with Crippen molar-refractivity contribution in [2.45, 2.75) is 111 Å². The van der Waals surface area contributed by atoms with Gasteiger partial charge in [-0.1, -0.05) is 60.1 Å². The van der Waals surface area contributed by atoms with Gasteiger partial charge in [0, 0.05) is 5.92 Å². The summed E-state index contributed by atoms with van der Waals surface area (Å²) in [6, 6.07) is 0. The molecule has 0 aromatic carbocycles. The Hall–Kier alpha value is -1.00. The van der Waals surface area contributed by atoms with Crippen LogP contribution in [0.25, 0.3) is 0 Å². The maximum Gasteiger partial charge on any atom is 0.0612 e. The van der Waals surface area contributed by atoms with Crippen molar-refractivity contribution in [3.8, 4) is 0 Å². The molecule has 0 spiro atoms. The van der Waals surface area contributed by atoms with Gasteiger partial charge in [0.2, 0.25) is 0 Å². The minimum atomic E-state index is -0.190. The first-order valence-electron chi connectivity index (χ1n) is 14.6. The Labute approximate surface area is 210 Å². The molecule has 0 heterocycles. The van der Waals surface area contributed by atoms with Crippen LogP contribution in [0.1, 0.15) is 105 Å². The van der Waals surface area contributed by atoms with E-state index in [1.54, 1.807) is 0 Å². The fraction of sp³-hybridized carbons (Fsp3) is 0.818. The Morgan fingerprint density at radius 1 is 0.882 bits per heavy atom. The minimum absolute atomic E-state index is 0.190. The van der Waals surface area contributed by atoms with E-state index in [9.17, 15) is 5.11 Å². The summed E-state index contributed by atoms with van der Waals surface area (Å²) in [7, 11) is 0. The fourth-order valence-corrected chi connectivity index (χ4v) is 10.1. The number of allylic oxidation sites excluding steroid dienone is 1. The van der Waals surface area contributed by atoms with Crippen LogP contribution in [0, 0.1) is 58.2 Å². The van der Waals surface area contributed by atoms with Crippen LogP contribution in [-0.4, -0.2) is 11.2 Å². The van der Waals surface area contributed by atoms with E-state index in [1.165, 1.54) is 64.2 Å². The Bertz CT molecular complexity index is 799. The van der Waals surface area contributed by atoms with E-state index in [2.05, 4.69) is 64.5 Å². The molecule has 190 valence electrons. The molecule has 1 unspecified atom stereocenters. The number of aliphatic hydroxyl groups is 1. The molecule has 34 heavy (non-hydrogen) atoms. The Balaban J connectivity index is 1.43. The highest BCUT2D eigenvalue weighted by atomic mass is 16.3. The first kappa shape index (κ1) is 26.1. The Morgan fingerprint density at radius 2 is 1.59 bits per heavy atom. The van der Waals surface area contributed by atoms with Crippen molar-refractivity contribution in [1.29, 1.82) is 0 Å². The van der Waals surface area contributed by atoms with Crippen molar-refractivity contribution >= 4 is 0 Å². The van der Waals surface area contributed by atoms with Gasteiger partial charge < -0.3 is 5.11 Å². The molecule has 4 aliphatic rings. The summed E-state index contributed by atoms with van der Waals surface area (Å²) in [5, 5.41) is 10.8. The van der Waals surface area contributed by atoms with E-state index in [0.717, 1.165) is 48.3 Å². The largest absolute Gasteiger partial charge is 0.392 e. The van der Waals surface area contributed by atoms with Crippen LogP contribution >= 0.6 is 0 Å². The summed E-state index contributed by atoms with van der Waals surface area (Å²) in [5.41, 5.74) is 6.92. The van der Waals surface area contributed by atoms with Crippen molar-refractivity contribution in [1.82, 2.24) is 0 Å². The maximum absolute atomic E-state index is 10.8. The SMILES string of the molecule is C=C=CCC(C)CCC[C@@H](C)[C@H]1CC[C@H]2[C@@H]3CC[C@H]4[C@H](C=C=C)[C@@H](O)CC[C@]4(C)[C@H]3CC[C@]12C. The van der Waals surface area contributed by atoms with E-state index in [0.29, 0.717) is 16.7 Å². The molecular weight excluding hydrogens is 412 g/mol. The first-order chi connectivity index (χ1) is 16.3. The summed E-state index contributed by atoms with van der Waals surface area (Å²) in [6.45, 7) is 17.8. The monoisotopic (exact) mass is 464 g/mol. The number of hydrogen-bond donors (Lipinski definition) is 1. The highest BCUT2D eigenvalue weighted by molar-refractivity contribution is 5.12. The van der Waals surface area contributed by atoms with Gasteiger partial charge in [0.05, 0.1) is 6.10 Å². The molecule has 11 atom stereocenters. The predicted molar refractivity (Wildman–Crippen MR) is 144 cm³/mol. The van der Waals surface area contributed by atoms with Gasteiger partial charge in [-0.3, -0.25) is 0 Å². The van der Waals surface area contributed by atoms with Gasteiger partial charge in [0.1, 0.15) is 0 Å². The zero-order chi connectivity index (χ0) is 24.5. The fourth-order valence-electron chi connectivity index (χ4n) is 10.1. The average molecular weight is 465 g/mol. The van der Waals surface area contributed by atoms with Crippen LogP contribution in [0.4, 0.5) is 0 Å². The minimum Gasteiger partial charge on any atom is -0.392 e. The highest BCUT2D eigenvalue weighted by Gasteiger charge is 2.61. The number of fused-ring (bicyclic) bond motifs is 5. The summed E-state index contributed by atoms with van der Waals surface area (Å²) in [5.74, 6) is 6.10. The third-order valence-electron chi connectivity index (χ3n) is 11.9. The van der Waals surface area contributed by atoms with Gasteiger partial charge in [-0.15, -0.1) is 11.5 Å². The second-order valence-electron chi connectivity index (χ2n) is 13.5. The highest BCUT2D eigenvalue weighted by Crippen LogP contribution is 2.69. The lowest BCUT2D eigenvalue weighted by Gasteiger charge is -2.62. The van der Waals surface area contributed by atoms with E-state index in [4.69, 9.17) is 0 Å². The lowest BCUT2D eigenvalue weighted by molar-refractivity contribution is -0.144. The quantitative estimate of drug-likeness (QED) is 0.356. The molecule has 1 nitrogen and oxygen atoms in total. The molecule has 0 saturated heterocycles. The topological polar surface area (TPSA) is 20.2 Å². The standard InChI is InChI=1S/C33H52O/c1-7-9-12-23(3)13-10-14-24(4)27-17-18-28-25-15-16-29-26(11-8-2)31(34)20-22-33(29,6)30(25)19-21-32(27,28)5/h9,11,23-31,34H,1-2,10,12-22H2,3-6H3/t23?,24-,25+,26+,27-,28+,29+,30+,31+,32-,33+/m1/s1. The molecule has 4 saturated carbocycles. The van der Waals surface area contributed by atoms with Crippen molar-refractivity contribution < 1.29 is 5.11 Å². The summed E-state index contributed by atoms with van der Waals surface area (Å²) in [6.07, 6.45) is 19.9. The van der Waals surface area contributed by atoms with Crippen molar-refractivity contribution in [3.63, 3.8) is 0 Å². The first-order valence-corrected chi connectivity index (χ1v) is 14.6. The van der Waals surface area contributed by atoms with Gasteiger partial charge in [0.25, 0.3) is 0 Å². The molecule has 0 amide bonds. The second kappa shape index (κ2) is 10.5. The zero-order valence-electron chi connectivity index (χ0n) is 22.7.